The van der Waals surface area contributed by atoms with E-state index in [0.29, 0.717) is 13.2 Å². The van der Waals surface area contributed by atoms with E-state index in [9.17, 15) is 0 Å². The molecule has 0 aliphatic heterocycles. The molecule has 0 aliphatic carbocycles. The molecule has 6 heteroatoms. The monoisotopic (exact) mass is 266 g/mol. The summed E-state index contributed by atoms with van der Waals surface area (Å²) >= 11 is 0. The van der Waals surface area contributed by atoms with Gasteiger partial charge < -0.3 is 19.7 Å². The summed E-state index contributed by atoms with van der Waals surface area (Å²) in [7, 11) is 0. The largest absolute Gasteiger partial charge is 0.391 e. The standard InChI is InChI=1S/C12H26O6/c1-3-5-7-15-11(9-13)17-18-12(10-14)16-8-6-4-2/h11-14H,3-10H2,1-2H3. The first-order valence-corrected chi connectivity index (χ1v) is 6.55. The van der Waals surface area contributed by atoms with E-state index in [1.165, 1.54) is 0 Å². The van der Waals surface area contributed by atoms with Crippen LogP contribution in [-0.2, 0) is 19.2 Å². The smallest absolute Gasteiger partial charge is 0.214 e. The van der Waals surface area contributed by atoms with Crippen LogP contribution in [0.3, 0.4) is 0 Å². The lowest BCUT2D eigenvalue weighted by molar-refractivity contribution is -0.440. The van der Waals surface area contributed by atoms with Crippen LogP contribution in [0.5, 0.6) is 0 Å². The second-order valence-electron chi connectivity index (χ2n) is 3.87. The molecule has 0 aromatic rings. The number of aliphatic hydroxyl groups excluding tert-OH is 2. The van der Waals surface area contributed by atoms with Crippen molar-refractivity contribution in [3.05, 3.63) is 0 Å². The topological polar surface area (TPSA) is 77.4 Å². The molecule has 0 aliphatic rings. The Hall–Kier alpha value is -0.240. The third kappa shape index (κ3) is 9.76. The van der Waals surface area contributed by atoms with Gasteiger partial charge in [0, 0.05) is 13.2 Å². The van der Waals surface area contributed by atoms with E-state index >= 15 is 0 Å². The van der Waals surface area contributed by atoms with Crippen LogP contribution in [0, 0.1) is 0 Å². The maximum absolute atomic E-state index is 8.99. The van der Waals surface area contributed by atoms with Crippen molar-refractivity contribution in [2.45, 2.75) is 52.1 Å². The molecule has 2 unspecified atom stereocenters. The van der Waals surface area contributed by atoms with E-state index in [0.717, 1.165) is 25.7 Å². The maximum atomic E-state index is 8.99. The van der Waals surface area contributed by atoms with Gasteiger partial charge >= 0.3 is 0 Å². The van der Waals surface area contributed by atoms with Gasteiger partial charge in [-0.25, -0.2) is 0 Å². The molecule has 0 aromatic heterocycles. The van der Waals surface area contributed by atoms with Crippen molar-refractivity contribution >= 4 is 0 Å². The van der Waals surface area contributed by atoms with Crippen LogP contribution in [0.25, 0.3) is 0 Å². The Bertz CT molecular complexity index is 149. The van der Waals surface area contributed by atoms with Gasteiger partial charge in [-0.2, -0.15) is 9.78 Å². The quantitative estimate of drug-likeness (QED) is 0.226. The van der Waals surface area contributed by atoms with Gasteiger partial charge in [0.25, 0.3) is 0 Å². The Morgan fingerprint density at radius 2 is 1.17 bits per heavy atom. The Morgan fingerprint density at radius 3 is 1.44 bits per heavy atom. The highest BCUT2D eigenvalue weighted by Gasteiger charge is 2.14. The van der Waals surface area contributed by atoms with E-state index in [4.69, 9.17) is 29.5 Å². The maximum Gasteiger partial charge on any atom is 0.214 e. The van der Waals surface area contributed by atoms with Gasteiger partial charge in [0.1, 0.15) is 0 Å². The second-order valence-corrected chi connectivity index (χ2v) is 3.87. The first kappa shape index (κ1) is 17.8. The molecular weight excluding hydrogens is 240 g/mol. The molecular formula is C12H26O6. The molecule has 0 rings (SSSR count). The van der Waals surface area contributed by atoms with E-state index in [1.54, 1.807) is 0 Å². The van der Waals surface area contributed by atoms with Crippen molar-refractivity contribution in [2.75, 3.05) is 26.4 Å². The third-order valence-corrected chi connectivity index (χ3v) is 2.17. The van der Waals surface area contributed by atoms with Gasteiger partial charge in [-0.3, -0.25) is 0 Å². The minimum atomic E-state index is -0.847. The predicted octanol–water partition coefficient (Wildman–Crippen LogP) is 1.20. The van der Waals surface area contributed by atoms with Gasteiger partial charge in [0.15, 0.2) is 0 Å². The molecule has 0 spiro atoms. The lowest BCUT2D eigenvalue weighted by Crippen LogP contribution is -2.29. The molecule has 0 bridgehead atoms. The highest BCUT2D eigenvalue weighted by Crippen LogP contribution is 2.03. The second kappa shape index (κ2) is 13.2. The predicted molar refractivity (Wildman–Crippen MR) is 65.6 cm³/mol. The summed E-state index contributed by atoms with van der Waals surface area (Å²) in [6.45, 7) is 4.45. The molecule has 0 amide bonds. The van der Waals surface area contributed by atoms with Crippen LogP contribution in [0.4, 0.5) is 0 Å². The van der Waals surface area contributed by atoms with Crippen LogP contribution in [0.2, 0.25) is 0 Å². The third-order valence-electron chi connectivity index (χ3n) is 2.17. The van der Waals surface area contributed by atoms with E-state index in [-0.39, 0.29) is 13.2 Å². The van der Waals surface area contributed by atoms with Gasteiger partial charge in [0.2, 0.25) is 12.6 Å². The van der Waals surface area contributed by atoms with Crippen LogP contribution in [0.15, 0.2) is 0 Å². The molecule has 2 atom stereocenters. The molecule has 110 valence electrons. The normalized spacial score (nSPS) is 14.7. The zero-order valence-corrected chi connectivity index (χ0v) is 11.3. The molecule has 0 radical (unpaired) electrons. The SMILES string of the molecule is CCCCOC(CO)OOC(CO)OCCCC. The van der Waals surface area contributed by atoms with Gasteiger partial charge in [0.05, 0.1) is 13.2 Å². The van der Waals surface area contributed by atoms with Crippen LogP contribution >= 0.6 is 0 Å². The van der Waals surface area contributed by atoms with Crippen LogP contribution in [-0.4, -0.2) is 49.2 Å². The molecule has 0 saturated carbocycles. The lowest BCUT2D eigenvalue weighted by Gasteiger charge is -2.19. The number of aliphatic hydroxyl groups is 2. The Kier molecular flexibility index (Phi) is 13.0. The highest BCUT2D eigenvalue weighted by molar-refractivity contribution is 4.41. The average molecular weight is 266 g/mol. The molecule has 0 saturated heterocycles. The summed E-state index contributed by atoms with van der Waals surface area (Å²) in [4.78, 5) is 9.73. The van der Waals surface area contributed by atoms with Crippen molar-refractivity contribution in [3.63, 3.8) is 0 Å². The van der Waals surface area contributed by atoms with Crippen molar-refractivity contribution in [1.82, 2.24) is 0 Å². The summed E-state index contributed by atoms with van der Waals surface area (Å²) in [6, 6.07) is 0. The summed E-state index contributed by atoms with van der Waals surface area (Å²) in [5, 5.41) is 18.0. The first-order chi connectivity index (χ1) is 8.78. The fraction of sp³-hybridized carbons (Fsp3) is 1.00. The van der Waals surface area contributed by atoms with E-state index in [1.807, 2.05) is 13.8 Å². The average Bonchev–Trinajstić information content (AvgIpc) is 2.40. The summed E-state index contributed by atoms with van der Waals surface area (Å²) in [5.41, 5.74) is 0. The molecule has 0 fully saturated rings. The molecule has 2 N–H and O–H groups in total. The number of hydrogen-bond acceptors (Lipinski definition) is 6. The molecule has 18 heavy (non-hydrogen) atoms. The molecule has 0 aromatic carbocycles. The van der Waals surface area contributed by atoms with E-state index < -0.39 is 12.6 Å². The number of ether oxygens (including phenoxy) is 2. The van der Waals surface area contributed by atoms with Crippen molar-refractivity contribution in [1.29, 1.82) is 0 Å². The van der Waals surface area contributed by atoms with Gasteiger partial charge in [-0.1, -0.05) is 26.7 Å². The Morgan fingerprint density at radius 1 is 0.778 bits per heavy atom. The summed E-state index contributed by atoms with van der Waals surface area (Å²) in [6.07, 6.45) is 2.07. The van der Waals surface area contributed by atoms with Crippen LogP contribution in [0.1, 0.15) is 39.5 Å². The van der Waals surface area contributed by atoms with Gasteiger partial charge in [-0.15, -0.1) is 0 Å². The van der Waals surface area contributed by atoms with Crippen LogP contribution < -0.4 is 0 Å². The zero-order valence-electron chi connectivity index (χ0n) is 11.3. The summed E-state index contributed by atoms with van der Waals surface area (Å²) in [5.74, 6) is 0. The lowest BCUT2D eigenvalue weighted by atomic mass is 10.4. The molecule has 0 heterocycles. The number of rotatable bonds is 13. The fourth-order valence-corrected chi connectivity index (χ4v) is 1.06. The van der Waals surface area contributed by atoms with Crippen molar-refractivity contribution < 1.29 is 29.5 Å². The Labute approximate surface area is 109 Å². The number of hydrogen-bond donors (Lipinski definition) is 2. The number of unbranched alkanes of at least 4 members (excludes halogenated alkanes) is 2. The first-order valence-electron chi connectivity index (χ1n) is 6.55. The van der Waals surface area contributed by atoms with E-state index in [2.05, 4.69) is 0 Å². The van der Waals surface area contributed by atoms with Gasteiger partial charge in [-0.05, 0) is 12.8 Å². The zero-order chi connectivity index (χ0) is 13.6. The van der Waals surface area contributed by atoms with Crippen molar-refractivity contribution in [3.8, 4) is 0 Å². The highest BCUT2D eigenvalue weighted by atomic mass is 17.2. The molecule has 6 nitrogen and oxygen atoms in total. The Balaban J connectivity index is 3.70. The minimum absolute atomic E-state index is 0.309. The fourth-order valence-electron chi connectivity index (χ4n) is 1.06. The minimum Gasteiger partial charge on any atom is -0.391 e. The summed E-state index contributed by atoms with van der Waals surface area (Å²) < 4.78 is 10.4. The van der Waals surface area contributed by atoms with Crippen molar-refractivity contribution in [2.24, 2.45) is 0 Å².